The van der Waals surface area contributed by atoms with E-state index in [1.165, 1.54) is 0 Å². The highest BCUT2D eigenvalue weighted by Gasteiger charge is 2.29. The number of hydrogen-bond acceptors (Lipinski definition) is 3. The number of hydrogen-bond donors (Lipinski definition) is 2. The van der Waals surface area contributed by atoms with E-state index in [0.29, 0.717) is 0 Å². The van der Waals surface area contributed by atoms with Crippen LogP contribution in [0, 0.1) is 5.41 Å². The van der Waals surface area contributed by atoms with Crippen molar-refractivity contribution in [3.63, 3.8) is 0 Å². The standard InChI is InChI=1S/C16H25N3O/c1-11(16(2,3)4)19(5)15(20)12-7-6-8-13-14(12)18-10-9-17-13/h6-8,11,17-18H,9-10H2,1-5H3. The van der Waals surface area contributed by atoms with Crippen LogP contribution < -0.4 is 10.6 Å². The molecule has 110 valence electrons. The largest absolute Gasteiger partial charge is 0.382 e. The van der Waals surface area contributed by atoms with Crippen molar-refractivity contribution < 1.29 is 4.79 Å². The van der Waals surface area contributed by atoms with Gasteiger partial charge >= 0.3 is 0 Å². The second kappa shape index (κ2) is 5.35. The molecular weight excluding hydrogens is 250 g/mol. The number of anilines is 2. The molecule has 4 heteroatoms. The molecule has 1 aromatic rings. The fraction of sp³-hybridized carbons (Fsp3) is 0.562. The maximum atomic E-state index is 12.8. The number of amides is 1. The Morgan fingerprint density at radius 1 is 1.25 bits per heavy atom. The van der Waals surface area contributed by atoms with Gasteiger partial charge < -0.3 is 15.5 Å². The third-order valence-electron chi connectivity index (χ3n) is 4.19. The number of para-hydroxylation sites is 1. The lowest BCUT2D eigenvalue weighted by molar-refractivity contribution is 0.0630. The van der Waals surface area contributed by atoms with E-state index in [2.05, 4.69) is 38.3 Å². The van der Waals surface area contributed by atoms with Crippen LogP contribution in [-0.2, 0) is 0 Å². The molecule has 2 rings (SSSR count). The zero-order valence-electron chi connectivity index (χ0n) is 13.1. The summed E-state index contributed by atoms with van der Waals surface area (Å²) in [5, 5.41) is 6.66. The molecule has 1 heterocycles. The van der Waals surface area contributed by atoms with E-state index in [-0.39, 0.29) is 17.4 Å². The highest BCUT2D eigenvalue weighted by atomic mass is 16.2. The fourth-order valence-corrected chi connectivity index (χ4v) is 2.40. The molecule has 1 unspecified atom stereocenters. The quantitative estimate of drug-likeness (QED) is 0.872. The molecule has 2 N–H and O–H groups in total. The second-order valence-electron chi connectivity index (χ2n) is 6.54. The van der Waals surface area contributed by atoms with E-state index >= 15 is 0 Å². The first kappa shape index (κ1) is 14.7. The molecule has 1 aliphatic heterocycles. The Kier molecular flexibility index (Phi) is 3.93. The first-order chi connectivity index (χ1) is 9.32. The molecule has 1 atom stereocenters. The van der Waals surface area contributed by atoms with Crippen LogP contribution in [0.3, 0.4) is 0 Å². The van der Waals surface area contributed by atoms with E-state index in [0.717, 1.165) is 30.0 Å². The lowest BCUT2D eigenvalue weighted by Gasteiger charge is -2.36. The van der Waals surface area contributed by atoms with Crippen molar-refractivity contribution in [2.45, 2.75) is 33.7 Å². The van der Waals surface area contributed by atoms with Crippen molar-refractivity contribution in [1.29, 1.82) is 0 Å². The van der Waals surface area contributed by atoms with Crippen LogP contribution >= 0.6 is 0 Å². The van der Waals surface area contributed by atoms with Crippen molar-refractivity contribution in [2.24, 2.45) is 5.41 Å². The van der Waals surface area contributed by atoms with Crippen molar-refractivity contribution in [2.75, 3.05) is 30.8 Å². The summed E-state index contributed by atoms with van der Waals surface area (Å²) in [6.07, 6.45) is 0. The molecule has 1 amide bonds. The summed E-state index contributed by atoms with van der Waals surface area (Å²) in [5.74, 6) is 0.0699. The second-order valence-corrected chi connectivity index (χ2v) is 6.54. The Morgan fingerprint density at radius 2 is 1.90 bits per heavy atom. The van der Waals surface area contributed by atoms with Gasteiger partial charge in [-0.15, -0.1) is 0 Å². The molecule has 1 aliphatic rings. The predicted molar refractivity (Wildman–Crippen MR) is 84.4 cm³/mol. The number of rotatable bonds is 2. The van der Waals surface area contributed by atoms with Crippen molar-refractivity contribution in [3.8, 4) is 0 Å². The van der Waals surface area contributed by atoms with E-state index in [1.807, 2.05) is 30.1 Å². The topological polar surface area (TPSA) is 44.4 Å². The smallest absolute Gasteiger partial charge is 0.256 e. The van der Waals surface area contributed by atoms with Gasteiger partial charge in [0.25, 0.3) is 5.91 Å². The summed E-state index contributed by atoms with van der Waals surface area (Å²) in [6.45, 7) is 10.3. The lowest BCUT2D eigenvalue weighted by Crippen LogP contribution is -2.43. The van der Waals surface area contributed by atoms with Gasteiger partial charge in [0.15, 0.2) is 0 Å². The fourth-order valence-electron chi connectivity index (χ4n) is 2.40. The number of carbonyl (C=O) groups excluding carboxylic acids is 1. The monoisotopic (exact) mass is 275 g/mol. The van der Waals surface area contributed by atoms with Gasteiger partial charge in [0.05, 0.1) is 16.9 Å². The van der Waals surface area contributed by atoms with Crippen LogP contribution in [0.15, 0.2) is 18.2 Å². The number of nitrogens with zero attached hydrogens (tertiary/aromatic N) is 1. The van der Waals surface area contributed by atoms with Crippen LogP contribution in [0.5, 0.6) is 0 Å². The Labute approximate surface area is 121 Å². The highest BCUT2D eigenvalue weighted by molar-refractivity contribution is 6.02. The molecular formula is C16H25N3O. The van der Waals surface area contributed by atoms with E-state index in [1.54, 1.807) is 0 Å². The maximum Gasteiger partial charge on any atom is 0.256 e. The molecule has 0 aliphatic carbocycles. The Balaban J connectivity index is 2.30. The molecule has 0 aromatic heterocycles. The summed E-state index contributed by atoms with van der Waals surface area (Å²) < 4.78 is 0. The maximum absolute atomic E-state index is 12.8. The van der Waals surface area contributed by atoms with Gasteiger partial charge in [0.2, 0.25) is 0 Å². The minimum Gasteiger partial charge on any atom is -0.382 e. The number of benzene rings is 1. The van der Waals surface area contributed by atoms with Gasteiger partial charge in [-0.3, -0.25) is 4.79 Å². The normalized spacial score (nSPS) is 15.7. The molecule has 0 radical (unpaired) electrons. The lowest BCUT2D eigenvalue weighted by atomic mass is 9.87. The highest BCUT2D eigenvalue weighted by Crippen LogP contribution is 2.31. The van der Waals surface area contributed by atoms with Gasteiger partial charge in [-0.2, -0.15) is 0 Å². The molecule has 0 saturated carbocycles. The number of nitrogens with one attached hydrogen (secondary N) is 2. The minimum atomic E-state index is 0.0604. The SMILES string of the molecule is CC(N(C)C(=O)c1cccc2c1NCCN2)C(C)(C)C. The number of carbonyl (C=O) groups is 1. The zero-order chi connectivity index (χ0) is 14.9. The Morgan fingerprint density at radius 3 is 2.55 bits per heavy atom. The third kappa shape index (κ3) is 2.74. The van der Waals surface area contributed by atoms with E-state index < -0.39 is 0 Å². The average Bonchev–Trinajstić information content (AvgIpc) is 2.43. The molecule has 1 aromatic carbocycles. The van der Waals surface area contributed by atoms with Gasteiger partial charge in [-0.05, 0) is 24.5 Å². The summed E-state index contributed by atoms with van der Waals surface area (Å²) in [5.41, 5.74) is 2.74. The van der Waals surface area contributed by atoms with Gasteiger partial charge in [0, 0.05) is 26.2 Å². The van der Waals surface area contributed by atoms with Crippen molar-refractivity contribution in [3.05, 3.63) is 23.8 Å². The van der Waals surface area contributed by atoms with Crippen LogP contribution in [0.2, 0.25) is 0 Å². The Hall–Kier alpha value is -1.71. The van der Waals surface area contributed by atoms with Gasteiger partial charge in [-0.25, -0.2) is 0 Å². The number of fused-ring (bicyclic) bond motifs is 1. The van der Waals surface area contributed by atoms with E-state index in [4.69, 9.17) is 0 Å². The zero-order valence-corrected chi connectivity index (χ0v) is 13.1. The Bertz CT molecular complexity index is 505. The molecule has 0 fully saturated rings. The first-order valence-electron chi connectivity index (χ1n) is 7.20. The van der Waals surface area contributed by atoms with Crippen molar-refractivity contribution >= 4 is 17.3 Å². The summed E-state index contributed by atoms with van der Waals surface area (Å²) in [7, 11) is 1.88. The van der Waals surface area contributed by atoms with Crippen LogP contribution in [-0.4, -0.2) is 37.0 Å². The van der Waals surface area contributed by atoms with E-state index in [9.17, 15) is 4.79 Å². The molecule has 0 bridgehead atoms. The summed E-state index contributed by atoms with van der Waals surface area (Å²) in [6, 6.07) is 6.00. The molecule has 0 saturated heterocycles. The van der Waals surface area contributed by atoms with Crippen LogP contribution in [0.25, 0.3) is 0 Å². The predicted octanol–water partition coefficient (Wildman–Crippen LogP) is 3.03. The minimum absolute atomic E-state index is 0.0604. The van der Waals surface area contributed by atoms with Crippen LogP contribution in [0.1, 0.15) is 38.1 Å². The summed E-state index contributed by atoms with van der Waals surface area (Å²) in [4.78, 5) is 14.6. The molecule has 0 spiro atoms. The van der Waals surface area contributed by atoms with Crippen LogP contribution in [0.4, 0.5) is 11.4 Å². The van der Waals surface area contributed by atoms with Gasteiger partial charge in [-0.1, -0.05) is 26.8 Å². The van der Waals surface area contributed by atoms with Gasteiger partial charge in [0.1, 0.15) is 0 Å². The molecule has 4 nitrogen and oxygen atoms in total. The summed E-state index contributed by atoms with van der Waals surface area (Å²) >= 11 is 0. The molecule has 20 heavy (non-hydrogen) atoms. The third-order valence-corrected chi connectivity index (χ3v) is 4.19. The first-order valence-corrected chi connectivity index (χ1v) is 7.20. The van der Waals surface area contributed by atoms with Crippen molar-refractivity contribution in [1.82, 2.24) is 4.90 Å². The average molecular weight is 275 g/mol.